The van der Waals surface area contributed by atoms with Crippen molar-refractivity contribution in [3.05, 3.63) is 18.0 Å². The van der Waals surface area contributed by atoms with Crippen molar-refractivity contribution in [2.24, 2.45) is 0 Å². The smallest absolute Gasteiger partial charge is 0.246 e. The van der Waals surface area contributed by atoms with Crippen molar-refractivity contribution in [3.63, 3.8) is 0 Å². The number of aromatic nitrogens is 2. The summed E-state index contributed by atoms with van der Waals surface area (Å²) in [5.74, 6) is -0.00369. The predicted octanol–water partition coefficient (Wildman–Crippen LogP) is 1.64. The van der Waals surface area contributed by atoms with E-state index in [1.165, 1.54) is 12.4 Å². The fourth-order valence-electron chi connectivity index (χ4n) is 3.59. The molecule has 0 aliphatic carbocycles. The monoisotopic (exact) mass is 665 g/mol. The van der Waals surface area contributed by atoms with Gasteiger partial charge in [0.05, 0.1) is 99.1 Å². The minimum absolute atomic E-state index is 0.00369. The van der Waals surface area contributed by atoms with Gasteiger partial charge in [0.2, 0.25) is 20.9 Å². The molecule has 0 spiro atoms. The molecular weight excluding hydrogens is 610 g/mol. The maximum atomic E-state index is 11.9. The highest BCUT2D eigenvalue weighted by molar-refractivity contribution is 7.90. The number of carbonyl (C=O) groups is 1. The van der Waals surface area contributed by atoms with Gasteiger partial charge in [0, 0.05) is 38.2 Å². The van der Waals surface area contributed by atoms with Crippen LogP contribution in [-0.2, 0) is 58.9 Å². The molecule has 0 radical (unpaired) electrons. The molecular formula is C30H55N3O11S. The highest BCUT2D eigenvalue weighted by atomic mass is 32.2. The maximum Gasteiger partial charge on any atom is 0.246 e. The van der Waals surface area contributed by atoms with Crippen LogP contribution in [0.2, 0.25) is 0 Å². The third kappa shape index (κ3) is 27.0. The van der Waals surface area contributed by atoms with E-state index in [0.29, 0.717) is 112 Å². The van der Waals surface area contributed by atoms with Gasteiger partial charge in [-0.1, -0.05) is 13.3 Å². The first-order valence-electron chi connectivity index (χ1n) is 15.8. The lowest BCUT2D eigenvalue weighted by Crippen LogP contribution is -2.27. The van der Waals surface area contributed by atoms with Crippen LogP contribution < -0.4 is 5.32 Å². The summed E-state index contributed by atoms with van der Waals surface area (Å²) < 4.78 is 66.2. The Balaban J connectivity index is 1.73. The van der Waals surface area contributed by atoms with Crippen LogP contribution in [0.5, 0.6) is 0 Å². The molecule has 0 atom stereocenters. The van der Waals surface area contributed by atoms with Crippen molar-refractivity contribution in [1.29, 1.82) is 0 Å². The van der Waals surface area contributed by atoms with E-state index in [1.807, 2.05) is 0 Å². The van der Waals surface area contributed by atoms with Gasteiger partial charge in [0.25, 0.3) is 0 Å². The third-order valence-electron chi connectivity index (χ3n) is 5.90. The molecule has 45 heavy (non-hydrogen) atoms. The van der Waals surface area contributed by atoms with Crippen LogP contribution in [0.15, 0.2) is 17.6 Å². The summed E-state index contributed by atoms with van der Waals surface area (Å²) >= 11 is 0. The molecule has 0 saturated carbocycles. The zero-order chi connectivity index (χ0) is 32.7. The zero-order valence-corrected chi connectivity index (χ0v) is 28.0. The Bertz CT molecular complexity index is 924. The molecule has 262 valence electrons. The Hall–Kier alpha value is -1.82. The number of aryl methyl sites for hydroxylation is 1. The fraction of sp³-hybridized carbons (Fsp3) is 0.833. The van der Waals surface area contributed by atoms with Gasteiger partial charge < -0.3 is 43.2 Å². The Morgan fingerprint density at radius 1 is 0.622 bits per heavy atom. The topological polar surface area (TPSA) is 163 Å². The van der Waals surface area contributed by atoms with E-state index >= 15 is 0 Å². The average Bonchev–Trinajstić information content (AvgIpc) is 3.02. The second kappa shape index (κ2) is 29.6. The maximum absolute atomic E-state index is 11.9. The summed E-state index contributed by atoms with van der Waals surface area (Å²) in [6.45, 7) is 10.9. The minimum atomic E-state index is -3.39. The minimum Gasteiger partial charge on any atom is -0.379 e. The van der Waals surface area contributed by atoms with Crippen LogP contribution in [0.3, 0.4) is 0 Å². The second-order valence-corrected chi connectivity index (χ2v) is 11.9. The van der Waals surface area contributed by atoms with Crippen LogP contribution in [0, 0.1) is 0 Å². The van der Waals surface area contributed by atoms with Gasteiger partial charge in [-0.3, -0.25) is 4.79 Å². The van der Waals surface area contributed by atoms with Crippen molar-refractivity contribution < 1.29 is 51.1 Å². The molecule has 0 aromatic carbocycles. The van der Waals surface area contributed by atoms with E-state index < -0.39 is 9.84 Å². The third-order valence-corrected chi connectivity index (χ3v) is 6.78. The Labute approximate surface area is 269 Å². The van der Waals surface area contributed by atoms with Crippen molar-refractivity contribution in [2.45, 2.75) is 50.6 Å². The van der Waals surface area contributed by atoms with E-state index in [1.54, 1.807) is 0 Å². The number of sulfone groups is 1. The van der Waals surface area contributed by atoms with Gasteiger partial charge in [0.15, 0.2) is 0 Å². The van der Waals surface area contributed by atoms with E-state index in [-0.39, 0.29) is 11.1 Å². The molecule has 1 rings (SSSR count). The number of hydrogen-bond donors (Lipinski definition) is 1. The quantitative estimate of drug-likeness (QED) is 0.0853. The Kier molecular flexibility index (Phi) is 27.1. The first kappa shape index (κ1) is 41.2. The molecule has 0 aliphatic rings. The van der Waals surface area contributed by atoms with Gasteiger partial charge in [-0.2, -0.15) is 0 Å². The lowest BCUT2D eigenvalue weighted by molar-refractivity contribution is -0.121. The van der Waals surface area contributed by atoms with Crippen LogP contribution in [0.4, 0.5) is 0 Å². The zero-order valence-electron chi connectivity index (χ0n) is 27.2. The number of nitrogens with zero attached hydrogens (tertiary/aromatic N) is 2. The van der Waals surface area contributed by atoms with E-state index in [2.05, 4.69) is 22.2 Å². The van der Waals surface area contributed by atoms with Gasteiger partial charge in [-0.15, -0.1) is 0 Å². The summed E-state index contributed by atoms with van der Waals surface area (Å²) in [6, 6.07) is 0. The van der Waals surface area contributed by atoms with Gasteiger partial charge in [-0.05, 0) is 31.2 Å². The Morgan fingerprint density at radius 2 is 1.02 bits per heavy atom. The van der Waals surface area contributed by atoms with Crippen molar-refractivity contribution in [3.8, 4) is 0 Å². The number of carbonyl (C=O) groups excluding carboxylic acids is 1. The first-order valence-corrected chi connectivity index (χ1v) is 17.7. The molecule has 0 unspecified atom stereocenters. The molecule has 0 bridgehead atoms. The molecule has 1 amide bonds. The van der Waals surface area contributed by atoms with E-state index in [9.17, 15) is 13.2 Å². The van der Waals surface area contributed by atoms with Gasteiger partial charge in [-0.25, -0.2) is 18.4 Å². The largest absolute Gasteiger partial charge is 0.379 e. The summed E-state index contributed by atoms with van der Waals surface area (Å²) in [6.07, 6.45) is 8.89. The normalized spacial score (nSPS) is 11.7. The van der Waals surface area contributed by atoms with Crippen LogP contribution >= 0.6 is 0 Å². The number of amides is 1. The van der Waals surface area contributed by atoms with Crippen LogP contribution in [-0.4, -0.2) is 143 Å². The SMILES string of the molecule is CCCOCCOCCOCCOCCOCCOCCOCCOCCNC(=O)CCCCCc1cnc(S(C)(=O)=O)nc1. The number of hydrogen-bond acceptors (Lipinski definition) is 13. The molecule has 1 heterocycles. The number of nitrogens with one attached hydrogen (secondary N) is 1. The molecule has 14 nitrogen and oxygen atoms in total. The first-order chi connectivity index (χ1) is 21.9. The molecule has 1 aromatic heterocycles. The van der Waals surface area contributed by atoms with Crippen LogP contribution in [0.1, 0.15) is 44.6 Å². The number of unbranched alkanes of at least 4 members (excludes halogenated alkanes) is 2. The predicted molar refractivity (Wildman–Crippen MR) is 167 cm³/mol. The summed E-state index contributed by atoms with van der Waals surface area (Å²) in [7, 11) is -3.39. The highest BCUT2D eigenvalue weighted by Gasteiger charge is 2.10. The summed E-state index contributed by atoms with van der Waals surface area (Å²) in [5.41, 5.74) is 0.878. The van der Waals surface area contributed by atoms with Crippen molar-refractivity contribution >= 4 is 15.7 Å². The molecule has 1 aromatic rings. The lowest BCUT2D eigenvalue weighted by Gasteiger charge is -2.09. The van der Waals surface area contributed by atoms with Crippen LogP contribution in [0.25, 0.3) is 0 Å². The Morgan fingerprint density at radius 3 is 1.42 bits per heavy atom. The summed E-state index contributed by atoms with van der Waals surface area (Å²) in [5, 5.41) is 2.68. The van der Waals surface area contributed by atoms with Gasteiger partial charge in [0.1, 0.15) is 0 Å². The molecule has 1 N–H and O–H groups in total. The number of ether oxygens (including phenoxy) is 8. The van der Waals surface area contributed by atoms with E-state index in [0.717, 1.165) is 50.5 Å². The molecule has 15 heteroatoms. The lowest BCUT2D eigenvalue weighted by atomic mass is 10.1. The average molecular weight is 666 g/mol. The standard InChI is InChI=1S/C30H55N3O11S/c1-3-10-37-12-14-39-16-18-41-20-22-43-24-25-44-23-21-42-19-17-40-15-13-38-11-9-31-29(34)8-6-4-5-7-28-26-32-30(33-27-28)45(2,35)36/h26-27H,3-25H2,1-2H3,(H,31,34). The second-order valence-electron chi connectivity index (χ2n) is 9.96. The van der Waals surface area contributed by atoms with Crippen molar-refractivity contribution in [1.82, 2.24) is 15.3 Å². The summed E-state index contributed by atoms with van der Waals surface area (Å²) in [4.78, 5) is 19.7. The van der Waals surface area contributed by atoms with E-state index in [4.69, 9.17) is 37.9 Å². The highest BCUT2D eigenvalue weighted by Crippen LogP contribution is 2.08. The van der Waals surface area contributed by atoms with Crippen molar-refractivity contribution in [2.75, 3.05) is 119 Å². The molecule has 0 aliphatic heterocycles. The molecule has 0 fully saturated rings. The number of rotatable bonds is 33. The molecule has 0 saturated heterocycles. The fourth-order valence-corrected chi connectivity index (χ4v) is 4.08. The van der Waals surface area contributed by atoms with Gasteiger partial charge >= 0.3 is 0 Å².